The third-order valence-electron chi connectivity index (χ3n) is 3.27. The molecule has 1 aromatic carbocycles. The van der Waals surface area contributed by atoms with E-state index in [1.54, 1.807) is 0 Å². The van der Waals surface area contributed by atoms with Crippen molar-refractivity contribution in [3.63, 3.8) is 0 Å². The molecule has 0 saturated carbocycles. The van der Waals surface area contributed by atoms with Gasteiger partial charge >= 0.3 is 0 Å². The summed E-state index contributed by atoms with van der Waals surface area (Å²) >= 11 is 1.47. The third kappa shape index (κ3) is 4.28. The molecule has 1 aromatic rings. The molecule has 1 atom stereocenters. The van der Waals surface area contributed by atoms with Crippen LogP contribution in [0.15, 0.2) is 23.1 Å². The molecule has 1 amide bonds. The number of hydrogen-bond donors (Lipinski definition) is 1. The summed E-state index contributed by atoms with van der Waals surface area (Å²) < 4.78 is 10.8. The monoisotopic (exact) mass is 310 g/mol. The van der Waals surface area contributed by atoms with Crippen molar-refractivity contribution in [2.45, 2.75) is 24.0 Å². The first-order valence-corrected chi connectivity index (χ1v) is 8.05. The van der Waals surface area contributed by atoms with Crippen molar-refractivity contribution in [1.82, 2.24) is 4.90 Å². The van der Waals surface area contributed by atoms with Gasteiger partial charge in [-0.3, -0.25) is 4.79 Å². The number of amides is 1. The quantitative estimate of drug-likeness (QED) is 0.666. The normalized spacial score (nSPS) is 16.6. The number of ether oxygens (including phenoxy) is 2. The fraction of sp³-hybridized carbons (Fsp3) is 0.533. The summed E-state index contributed by atoms with van der Waals surface area (Å²) in [5.74, 6) is 0.907. The number of nitrogen functional groups attached to an aromatic ring is 1. The number of benzene rings is 1. The number of carbonyl (C=O) groups excluding carboxylic acids is 1. The van der Waals surface area contributed by atoms with Gasteiger partial charge in [-0.2, -0.15) is 0 Å². The van der Waals surface area contributed by atoms with Crippen molar-refractivity contribution in [3.8, 4) is 5.75 Å². The predicted molar refractivity (Wildman–Crippen MR) is 84.7 cm³/mol. The van der Waals surface area contributed by atoms with Crippen LogP contribution < -0.4 is 10.5 Å². The first-order valence-electron chi connectivity index (χ1n) is 7.17. The van der Waals surface area contributed by atoms with Crippen LogP contribution in [0.1, 0.15) is 13.8 Å². The van der Waals surface area contributed by atoms with Crippen LogP contribution in [0.5, 0.6) is 5.75 Å². The van der Waals surface area contributed by atoms with Crippen LogP contribution in [0.25, 0.3) is 0 Å². The number of rotatable bonds is 5. The highest BCUT2D eigenvalue weighted by molar-refractivity contribution is 8.00. The summed E-state index contributed by atoms with van der Waals surface area (Å²) in [6.45, 7) is 7.02. The number of carbonyl (C=O) groups is 1. The summed E-state index contributed by atoms with van der Waals surface area (Å²) in [6.07, 6.45) is 0. The zero-order valence-electron chi connectivity index (χ0n) is 12.5. The molecule has 21 heavy (non-hydrogen) atoms. The second kappa shape index (κ2) is 7.56. The van der Waals surface area contributed by atoms with E-state index < -0.39 is 0 Å². The number of morpholine rings is 1. The number of hydrogen-bond acceptors (Lipinski definition) is 5. The predicted octanol–water partition coefficient (Wildman–Crippen LogP) is 2.01. The first-order chi connectivity index (χ1) is 10.1. The third-order valence-corrected chi connectivity index (χ3v) is 4.43. The van der Waals surface area contributed by atoms with Gasteiger partial charge < -0.3 is 20.1 Å². The zero-order valence-corrected chi connectivity index (χ0v) is 13.3. The Morgan fingerprint density at radius 2 is 2.19 bits per heavy atom. The van der Waals surface area contributed by atoms with Crippen LogP contribution in [0, 0.1) is 0 Å². The standard InChI is InChI=1S/C15H22N2O3S/c1-3-20-12-4-5-13(16)14(10-12)21-11(2)15(18)17-6-8-19-9-7-17/h4-5,10-11H,3,6-9,16H2,1-2H3. The number of thioether (sulfide) groups is 1. The van der Waals surface area contributed by atoms with Gasteiger partial charge in [-0.25, -0.2) is 0 Å². The number of nitrogens with two attached hydrogens (primary N) is 1. The average molecular weight is 310 g/mol. The van der Waals surface area contributed by atoms with E-state index >= 15 is 0 Å². The molecule has 116 valence electrons. The molecule has 1 heterocycles. The van der Waals surface area contributed by atoms with Crippen LogP contribution in [0.4, 0.5) is 5.69 Å². The lowest BCUT2D eigenvalue weighted by molar-refractivity contribution is -0.134. The Balaban J connectivity index is 2.02. The molecule has 6 heteroatoms. The summed E-state index contributed by atoms with van der Waals surface area (Å²) in [6, 6.07) is 5.56. The zero-order chi connectivity index (χ0) is 15.2. The molecule has 5 nitrogen and oxygen atoms in total. The molecule has 0 radical (unpaired) electrons. The molecule has 1 fully saturated rings. The van der Waals surface area contributed by atoms with Crippen molar-refractivity contribution in [2.24, 2.45) is 0 Å². The molecule has 2 N–H and O–H groups in total. The SMILES string of the molecule is CCOc1ccc(N)c(SC(C)C(=O)N2CCOCC2)c1. The topological polar surface area (TPSA) is 64.8 Å². The van der Waals surface area contributed by atoms with Crippen LogP contribution in [-0.4, -0.2) is 49.0 Å². The fourth-order valence-electron chi connectivity index (χ4n) is 2.15. The van der Waals surface area contributed by atoms with Gasteiger partial charge in [-0.15, -0.1) is 11.8 Å². The molecule has 1 aliphatic rings. The van der Waals surface area contributed by atoms with Crippen molar-refractivity contribution in [2.75, 3.05) is 38.6 Å². The Labute approximate surface area is 129 Å². The smallest absolute Gasteiger partial charge is 0.235 e. The fourth-order valence-corrected chi connectivity index (χ4v) is 3.17. The number of nitrogens with zero attached hydrogens (tertiary/aromatic N) is 1. The lowest BCUT2D eigenvalue weighted by atomic mass is 10.3. The molecule has 2 rings (SSSR count). The van der Waals surface area contributed by atoms with E-state index in [2.05, 4.69) is 0 Å². The maximum absolute atomic E-state index is 12.4. The highest BCUT2D eigenvalue weighted by Gasteiger charge is 2.23. The van der Waals surface area contributed by atoms with Gasteiger partial charge in [-0.05, 0) is 32.0 Å². The average Bonchev–Trinajstić information content (AvgIpc) is 2.51. The largest absolute Gasteiger partial charge is 0.494 e. The minimum atomic E-state index is -0.178. The summed E-state index contributed by atoms with van der Waals surface area (Å²) in [5, 5.41) is -0.178. The van der Waals surface area contributed by atoms with Gasteiger partial charge in [0.15, 0.2) is 0 Å². The maximum atomic E-state index is 12.4. The molecule has 0 aromatic heterocycles. The Morgan fingerprint density at radius 3 is 2.86 bits per heavy atom. The minimum absolute atomic E-state index is 0.129. The Kier molecular flexibility index (Phi) is 5.76. The van der Waals surface area contributed by atoms with Gasteiger partial charge in [0.05, 0.1) is 25.1 Å². The molecule has 1 unspecified atom stereocenters. The van der Waals surface area contributed by atoms with E-state index in [0.29, 0.717) is 38.6 Å². The first kappa shape index (κ1) is 16.0. The second-order valence-electron chi connectivity index (χ2n) is 4.83. The highest BCUT2D eigenvalue weighted by Crippen LogP contribution is 2.32. The molecular weight excluding hydrogens is 288 g/mol. The number of anilines is 1. The van der Waals surface area contributed by atoms with Crippen LogP contribution in [0.3, 0.4) is 0 Å². The molecule has 1 saturated heterocycles. The van der Waals surface area contributed by atoms with E-state index in [1.807, 2.05) is 36.9 Å². The van der Waals surface area contributed by atoms with Gasteiger partial charge in [0.25, 0.3) is 0 Å². The van der Waals surface area contributed by atoms with E-state index in [1.165, 1.54) is 11.8 Å². The summed E-state index contributed by atoms with van der Waals surface area (Å²) in [5.41, 5.74) is 6.66. The van der Waals surface area contributed by atoms with Crippen molar-refractivity contribution >= 4 is 23.4 Å². The van der Waals surface area contributed by atoms with Crippen LogP contribution >= 0.6 is 11.8 Å². The maximum Gasteiger partial charge on any atom is 0.235 e. The van der Waals surface area contributed by atoms with E-state index in [9.17, 15) is 4.79 Å². The Morgan fingerprint density at radius 1 is 1.48 bits per heavy atom. The van der Waals surface area contributed by atoms with E-state index in [0.717, 1.165) is 10.6 Å². The van der Waals surface area contributed by atoms with E-state index in [4.69, 9.17) is 15.2 Å². The van der Waals surface area contributed by atoms with Gasteiger partial charge in [0.2, 0.25) is 5.91 Å². The Bertz CT molecular complexity index is 490. The van der Waals surface area contributed by atoms with Crippen molar-refractivity contribution in [3.05, 3.63) is 18.2 Å². The van der Waals surface area contributed by atoms with Gasteiger partial charge in [0.1, 0.15) is 5.75 Å². The second-order valence-corrected chi connectivity index (χ2v) is 6.21. The summed E-state index contributed by atoms with van der Waals surface area (Å²) in [4.78, 5) is 15.1. The van der Waals surface area contributed by atoms with Gasteiger partial charge in [0, 0.05) is 23.7 Å². The molecule has 0 spiro atoms. The molecule has 1 aliphatic heterocycles. The molecule has 0 bridgehead atoms. The molecular formula is C15H22N2O3S. The Hall–Kier alpha value is -1.40. The molecule has 0 aliphatic carbocycles. The summed E-state index contributed by atoms with van der Waals surface area (Å²) in [7, 11) is 0. The van der Waals surface area contributed by atoms with Crippen LogP contribution in [-0.2, 0) is 9.53 Å². The van der Waals surface area contributed by atoms with Crippen LogP contribution in [0.2, 0.25) is 0 Å². The van der Waals surface area contributed by atoms with Gasteiger partial charge in [-0.1, -0.05) is 0 Å². The van der Waals surface area contributed by atoms with Crippen molar-refractivity contribution < 1.29 is 14.3 Å². The minimum Gasteiger partial charge on any atom is -0.494 e. The lowest BCUT2D eigenvalue weighted by Gasteiger charge is -2.29. The highest BCUT2D eigenvalue weighted by atomic mass is 32.2. The lowest BCUT2D eigenvalue weighted by Crippen LogP contribution is -2.44. The van der Waals surface area contributed by atoms with Crippen molar-refractivity contribution in [1.29, 1.82) is 0 Å². The van der Waals surface area contributed by atoms with E-state index in [-0.39, 0.29) is 11.2 Å².